The molecule has 0 bridgehead atoms. The van der Waals surface area contributed by atoms with Gasteiger partial charge in [0.05, 0.1) is 18.7 Å². The number of aliphatic hydroxyl groups excluding tert-OH is 3. The predicted octanol–water partition coefficient (Wildman–Crippen LogP) is -1.09. The SMILES string of the molecule is O=S(=O)(O)CCCCCNc1ncnc2c1ncn2C1OC(CO)C(O)C1O. The molecule has 1 aliphatic rings. The molecule has 3 heterocycles. The maximum absolute atomic E-state index is 10.7. The molecule has 0 spiro atoms. The van der Waals surface area contributed by atoms with E-state index in [1.165, 1.54) is 17.2 Å². The Balaban J connectivity index is 1.65. The van der Waals surface area contributed by atoms with E-state index in [1.807, 2.05) is 0 Å². The first-order valence-electron chi connectivity index (χ1n) is 8.81. The van der Waals surface area contributed by atoms with Gasteiger partial charge >= 0.3 is 0 Å². The molecule has 2 aromatic rings. The molecule has 13 heteroatoms. The fourth-order valence-corrected chi connectivity index (χ4v) is 3.64. The largest absolute Gasteiger partial charge is 0.394 e. The van der Waals surface area contributed by atoms with Gasteiger partial charge in [-0.2, -0.15) is 8.42 Å². The Morgan fingerprint density at radius 2 is 1.93 bits per heavy atom. The zero-order valence-corrected chi connectivity index (χ0v) is 15.7. The van der Waals surface area contributed by atoms with Gasteiger partial charge < -0.3 is 25.4 Å². The van der Waals surface area contributed by atoms with E-state index in [0.717, 1.165) is 0 Å². The van der Waals surface area contributed by atoms with Gasteiger partial charge in [0.25, 0.3) is 10.1 Å². The lowest BCUT2D eigenvalue weighted by Gasteiger charge is -2.16. The number of hydrogen-bond acceptors (Lipinski definition) is 10. The van der Waals surface area contributed by atoms with E-state index < -0.39 is 41.3 Å². The van der Waals surface area contributed by atoms with E-state index in [0.29, 0.717) is 42.8 Å². The maximum Gasteiger partial charge on any atom is 0.264 e. The normalized spacial score (nSPS) is 25.4. The van der Waals surface area contributed by atoms with Crippen LogP contribution in [0.4, 0.5) is 5.82 Å². The number of ether oxygens (including phenoxy) is 1. The first kappa shape index (κ1) is 20.8. The summed E-state index contributed by atoms with van der Waals surface area (Å²) in [5.41, 5.74) is 0.830. The van der Waals surface area contributed by atoms with Gasteiger partial charge in [-0.3, -0.25) is 9.12 Å². The number of unbranched alkanes of at least 4 members (excludes halogenated alkanes) is 2. The van der Waals surface area contributed by atoms with Gasteiger partial charge in [0.2, 0.25) is 0 Å². The van der Waals surface area contributed by atoms with Crippen LogP contribution in [0.15, 0.2) is 12.7 Å². The van der Waals surface area contributed by atoms with Crippen LogP contribution in [0.25, 0.3) is 11.2 Å². The summed E-state index contributed by atoms with van der Waals surface area (Å²) >= 11 is 0. The fraction of sp³-hybridized carbons (Fsp3) is 0.667. The van der Waals surface area contributed by atoms with Crippen molar-refractivity contribution in [3.05, 3.63) is 12.7 Å². The molecule has 12 nitrogen and oxygen atoms in total. The molecule has 0 amide bonds. The highest BCUT2D eigenvalue weighted by Gasteiger charge is 2.44. The minimum atomic E-state index is -3.93. The van der Waals surface area contributed by atoms with Gasteiger partial charge in [0.15, 0.2) is 23.2 Å². The number of anilines is 1. The molecule has 4 atom stereocenters. The average Bonchev–Trinajstić information content (AvgIpc) is 3.19. The van der Waals surface area contributed by atoms with Crippen molar-refractivity contribution < 1.29 is 33.0 Å². The number of aliphatic hydroxyl groups is 3. The van der Waals surface area contributed by atoms with Crippen molar-refractivity contribution >= 4 is 27.1 Å². The number of fused-ring (bicyclic) bond motifs is 1. The second-order valence-electron chi connectivity index (χ2n) is 6.55. The van der Waals surface area contributed by atoms with Gasteiger partial charge in [-0.1, -0.05) is 6.42 Å². The zero-order chi connectivity index (χ0) is 20.3. The second-order valence-corrected chi connectivity index (χ2v) is 8.12. The van der Waals surface area contributed by atoms with Crippen LogP contribution in [0.2, 0.25) is 0 Å². The van der Waals surface area contributed by atoms with Crippen molar-refractivity contribution in [2.45, 2.75) is 43.8 Å². The van der Waals surface area contributed by atoms with Crippen molar-refractivity contribution in [2.75, 3.05) is 24.2 Å². The molecular formula is C15H23N5O7S. The fourth-order valence-electron chi connectivity index (χ4n) is 3.07. The Morgan fingerprint density at radius 3 is 2.61 bits per heavy atom. The molecule has 28 heavy (non-hydrogen) atoms. The van der Waals surface area contributed by atoms with Crippen LogP contribution in [-0.4, -0.2) is 85.0 Å². The summed E-state index contributed by atoms with van der Waals surface area (Å²) in [4.78, 5) is 12.6. The molecule has 4 unspecified atom stereocenters. The topological polar surface area (TPSA) is 180 Å². The minimum absolute atomic E-state index is 0.264. The lowest BCUT2D eigenvalue weighted by atomic mass is 10.1. The van der Waals surface area contributed by atoms with Gasteiger partial charge in [-0.15, -0.1) is 0 Å². The molecule has 1 aliphatic heterocycles. The summed E-state index contributed by atoms with van der Waals surface area (Å²) in [5, 5.41) is 32.4. The third kappa shape index (κ3) is 4.56. The summed E-state index contributed by atoms with van der Waals surface area (Å²) in [6, 6.07) is 0. The Bertz CT molecular complexity index is 905. The molecular weight excluding hydrogens is 394 g/mol. The molecule has 156 valence electrons. The van der Waals surface area contributed by atoms with Gasteiger partial charge in [0.1, 0.15) is 24.6 Å². The van der Waals surface area contributed by atoms with E-state index in [2.05, 4.69) is 20.3 Å². The monoisotopic (exact) mass is 417 g/mol. The first-order valence-corrected chi connectivity index (χ1v) is 10.4. The van der Waals surface area contributed by atoms with E-state index in [-0.39, 0.29) is 5.75 Å². The van der Waals surface area contributed by atoms with Crippen molar-refractivity contribution in [3.63, 3.8) is 0 Å². The van der Waals surface area contributed by atoms with Gasteiger partial charge in [-0.05, 0) is 12.8 Å². The van der Waals surface area contributed by atoms with Crippen LogP contribution >= 0.6 is 0 Å². The lowest BCUT2D eigenvalue weighted by molar-refractivity contribution is -0.0511. The molecule has 0 radical (unpaired) electrons. The third-order valence-electron chi connectivity index (χ3n) is 4.52. The number of rotatable bonds is 9. The molecule has 5 N–H and O–H groups in total. The predicted molar refractivity (Wildman–Crippen MR) is 97.1 cm³/mol. The van der Waals surface area contributed by atoms with Crippen LogP contribution in [0.1, 0.15) is 25.5 Å². The van der Waals surface area contributed by atoms with Crippen molar-refractivity contribution in [1.29, 1.82) is 0 Å². The Labute approximate surface area is 161 Å². The van der Waals surface area contributed by atoms with Crippen LogP contribution in [0, 0.1) is 0 Å². The van der Waals surface area contributed by atoms with Crippen LogP contribution in [0.5, 0.6) is 0 Å². The van der Waals surface area contributed by atoms with E-state index in [9.17, 15) is 23.7 Å². The standard InChI is InChI=1S/C15H23N5O7S/c21-6-9-11(22)12(23)15(27-9)20-8-19-10-13(17-7-18-14(10)20)16-4-2-1-3-5-28(24,25)26/h7-9,11-12,15,21-23H,1-6H2,(H,16,17,18)(H,24,25,26). The molecule has 0 saturated carbocycles. The highest BCUT2D eigenvalue weighted by molar-refractivity contribution is 7.85. The lowest BCUT2D eigenvalue weighted by Crippen LogP contribution is -2.33. The number of nitrogens with one attached hydrogen (secondary N) is 1. The average molecular weight is 417 g/mol. The van der Waals surface area contributed by atoms with Crippen LogP contribution < -0.4 is 5.32 Å². The number of hydrogen-bond donors (Lipinski definition) is 5. The summed E-state index contributed by atoms with van der Waals surface area (Å²) < 4.78 is 37.0. The van der Waals surface area contributed by atoms with Crippen molar-refractivity contribution in [2.24, 2.45) is 0 Å². The van der Waals surface area contributed by atoms with Crippen LogP contribution in [0.3, 0.4) is 0 Å². The Hall–Kier alpha value is -1.90. The molecule has 0 aromatic carbocycles. The highest BCUT2D eigenvalue weighted by atomic mass is 32.2. The maximum atomic E-state index is 10.7. The molecule has 2 aromatic heterocycles. The molecule has 1 saturated heterocycles. The summed E-state index contributed by atoms with van der Waals surface area (Å²) in [6.07, 6.45) is 0.0476. The molecule has 1 fully saturated rings. The Morgan fingerprint density at radius 1 is 1.14 bits per heavy atom. The summed E-state index contributed by atoms with van der Waals surface area (Å²) in [7, 11) is -3.93. The third-order valence-corrected chi connectivity index (χ3v) is 5.33. The number of imidazole rings is 1. The van der Waals surface area contributed by atoms with Gasteiger partial charge in [0, 0.05) is 6.54 Å². The van der Waals surface area contributed by atoms with Crippen molar-refractivity contribution in [1.82, 2.24) is 19.5 Å². The van der Waals surface area contributed by atoms with E-state index in [4.69, 9.17) is 9.29 Å². The second kappa shape index (κ2) is 8.63. The van der Waals surface area contributed by atoms with Crippen LogP contribution in [-0.2, 0) is 14.9 Å². The quantitative estimate of drug-likeness (QED) is 0.247. The van der Waals surface area contributed by atoms with Gasteiger partial charge in [-0.25, -0.2) is 15.0 Å². The highest BCUT2D eigenvalue weighted by Crippen LogP contribution is 2.32. The molecule has 3 rings (SSSR count). The van der Waals surface area contributed by atoms with E-state index >= 15 is 0 Å². The summed E-state index contributed by atoms with van der Waals surface area (Å²) in [6.45, 7) is 0.0824. The summed E-state index contributed by atoms with van der Waals surface area (Å²) in [5.74, 6) is 0.199. The Kier molecular flexibility index (Phi) is 6.42. The van der Waals surface area contributed by atoms with E-state index in [1.54, 1.807) is 0 Å². The first-order chi connectivity index (χ1) is 13.3. The zero-order valence-electron chi connectivity index (χ0n) is 14.9. The molecule has 0 aliphatic carbocycles. The van der Waals surface area contributed by atoms with Crippen molar-refractivity contribution in [3.8, 4) is 0 Å². The smallest absolute Gasteiger partial charge is 0.264 e. The minimum Gasteiger partial charge on any atom is -0.394 e. The number of aromatic nitrogens is 4. The number of nitrogens with zero attached hydrogens (tertiary/aromatic N) is 4.